The predicted molar refractivity (Wildman–Crippen MR) is 74.5 cm³/mol. The molecule has 102 valence electrons. The van der Waals surface area contributed by atoms with Crippen molar-refractivity contribution in [2.24, 2.45) is 7.05 Å². The molecule has 1 aliphatic rings. The van der Waals surface area contributed by atoms with Crippen molar-refractivity contribution < 1.29 is 0 Å². The number of hydrogen-bond acceptors (Lipinski definition) is 3. The van der Waals surface area contributed by atoms with Gasteiger partial charge in [0.15, 0.2) is 0 Å². The number of piperidine rings is 1. The van der Waals surface area contributed by atoms with Crippen molar-refractivity contribution in [1.29, 1.82) is 0 Å². The van der Waals surface area contributed by atoms with Crippen LogP contribution in [0.1, 0.15) is 37.4 Å². The number of nitrogens with zero attached hydrogens (tertiary/aromatic N) is 3. The van der Waals surface area contributed by atoms with E-state index >= 15 is 0 Å². The summed E-state index contributed by atoms with van der Waals surface area (Å²) in [6, 6.07) is 0.677. The van der Waals surface area contributed by atoms with E-state index in [1.807, 2.05) is 17.9 Å². The van der Waals surface area contributed by atoms with Gasteiger partial charge in [-0.25, -0.2) is 0 Å². The lowest BCUT2D eigenvalue weighted by atomic mass is 10.0. The van der Waals surface area contributed by atoms with Crippen molar-refractivity contribution >= 4 is 0 Å². The highest BCUT2D eigenvalue weighted by molar-refractivity contribution is 5.15. The molecule has 0 aliphatic carbocycles. The average molecular weight is 250 g/mol. The molecule has 1 N–H and O–H groups in total. The van der Waals surface area contributed by atoms with E-state index in [-0.39, 0.29) is 0 Å². The maximum absolute atomic E-state index is 4.32. The van der Waals surface area contributed by atoms with Crippen molar-refractivity contribution in [2.45, 2.75) is 45.7 Å². The van der Waals surface area contributed by atoms with Gasteiger partial charge in [-0.05, 0) is 32.9 Å². The summed E-state index contributed by atoms with van der Waals surface area (Å²) in [5.41, 5.74) is 2.64. The van der Waals surface area contributed by atoms with Crippen LogP contribution in [-0.2, 0) is 13.6 Å². The van der Waals surface area contributed by atoms with E-state index in [1.165, 1.54) is 37.1 Å². The van der Waals surface area contributed by atoms with Crippen LogP contribution in [0.5, 0.6) is 0 Å². The summed E-state index contributed by atoms with van der Waals surface area (Å²) in [5.74, 6) is 0. The maximum atomic E-state index is 4.32. The van der Waals surface area contributed by atoms with Crippen LogP contribution < -0.4 is 5.32 Å². The fraction of sp³-hybridized carbons (Fsp3) is 0.786. The van der Waals surface area contributed by atoms with Gasteiger partial charge in [0, 0.05) is 37.4 Å². The second kappa shape index (κ2) is 6.34. The van der Waals surface area contributed by atoms with Crippen molar-refractivity contribution in [3.05, 3.63) is 17.5 Å². The van der Waals surface area contributed by atoms with E-state index in [1.54, 1.807) is 0 Å². The quantitative estimate of drug-likeness (QED) is 0.863. The summed E-state index contributed by atoms with van der Waals surface area (Å²) in [4.78, 5) is 2.52. The average Bonchev–Trinajstić information content (AvgIpc) is 2.71. The third kappa shape index (κ3) is 3.33. The Bertz CT molecular complexity index is 366. The Morgan fingerprint density at radius 2 is 2.33 bits per heavy atom. The van der Waals surface area contributed by atoms with Crippen LogP contribution in [0.4, 0.5) is 0 Å². The van der Waals surface area contributed by atoms with Crippen LogP contribution >= 0.6 is 0 Å². The molecule has 2 rings (SSSR count). The molecular weight excluding hydrogens is 224 g/mol. The molecule has 4 heteroatoms. The van der Waals surface area contributed by atoms with Gasteiger partial charge in [0.2, 0.25) is 0 Å². The smallest absolute Gasteiger partial charge is 0.0537 e. The van der Waals surface area contributed by atoms with Gasteiger partial charge >= 0.3 is 0 Å². The van der Waals surface area contributed by atoms with Crippen LogP contribution in [-0.4, -0.2) is 40.4 Å². The lowest BCUT2D eigenvalue weighted by Crippen LogP contribution is -2.43. The predicted octanol–water partition coefficient (Wildman–Crippen LogP) is 1.69. The van der Waals surface area contributed by atoms with Gasteiger partial charge in [0.05, 0.1) is 6.20 Å². The summed E-state index contributed by atoms with van der Waals surface area (Å²) in [6.45, 7) is 8.86. The summed E-state index contributed by atoms with van der Waals surface area (Å²) in [7, 11) is 2.01. The molecule has 1 aliphatic heterocycles. The molecular formula is C14H26N4. The van der Waals surface area contributed by atoms with Gasteiger partial charge in [-0.2, -0.15) is 5.10 Å². The number of nitrogens with one attached hydrogen (secondary N) is 1. The third-order valence-corrected chi connectivity index (χ3v) is 4.07. The zero-order chi connectivity index (χ0) is 13.0. The highest BCUT2D eigenvalue weighted by Gasteiger charge is 2.17. The molecule has 1 unspecified atom stereocenters. The summed E-state index contributed by atoms with van der Waals surface area (Å²) in [5, 5.41) is 7.95. The molecule has 2 heterocycles. The van der Waals surface area contributed by atoms with Gasteiger partial charge < -0.3 is 5.32 Å². The Balaban J connectivity index is 1.90. The second-order valence-electron chi connectivity index (χ2n) is 5.35. The number of rotatable bonds is 5. The zero-order valence-corrected chi connectivity index (χ0v) is 11.9. The third-order valence-electron chi connectivity index (χ3n) is 4.07. The number of aryl methyl sites for hydroxylation is 1. The molecule has 0 amide bonds. The largest absolute Gasteiger partial charge is 0.313 e. The molecule has 0 spiro atoms. The second-order valence-corrected chi connectivity index (χ2v) is 5.35. The highest BCUT2D eigenvalue weighted by Crippen LogP contribution is 2.13. The summed E-state index contributed by atoms with van der Waals surface area (Å²) < 4.78 is 1.96. The first-order valence-electron chi connectivity index (χ1n) is 7.14. The van der Waals surface area contributed by atoms with Crippen LogP contribution in [0.2, 0.25) is 0 Å². The maximum Gasteiger partial charge on any atom is 0.0537 e. The molecule has 0 aromatic carbocycles. The van der Waals surface area contributed by atoms with E-state index in [2.05, 4.69) is 29.2 Å². The van der Waals surface area contributed by atoms with Gasteiger partial charge in [-0.15, -0.1) is 0 Å². The molecule has 0 radical (unpaired) electrons. The lowest BCUT2D eigenvalue weighted by molar-refractivity contribution is 0.226. The van der Waals surface area contributed by atoms with E-state index in [0.717, 1.165) is 19.6 Å². The zero-order valence-electron chi connectivity index (χ0n) is 11.9. The van der Waals surface area contributed by atoms with Crippen molar-refractivity contribution in [3.63, 3.8) is 0 Å². The van der Waals surface area contributed by atoms with E-state index < -0.39 is 0 Å². The number of aromatic nitrogens is 2. The summed E-state index contributed by atoms with van der Waals surface area (Å²) >= 11 is 0. The van der Waals surface area contributed by atoms with Crippen LogP contribution in [0.15, 0.2) is 6.20 Å². The number of likely N-dealkylation sites (N-methyl/N-ethyl adjacent to an activating group) is 1. The topological polar surface area (TPSA) is 33.1 Å². The summed E-state index contributed by atoms with van der Waals surface area (Å²) in [6.07, 6.45) is 6.04. The fourth-order valence-corrected chi connectivity index (χ4v) is 2.64. The molecule has 1 aromatic rings. The van der Waals surface area contributed by atoms with Gasteiger partial charge in [-0.1, -0.05) is 13.3 Å². The Hall–Kier alpha value is -0.870. The Morgan fingerprint density at radius 3 is 2.89 bits per heavy atom. The van der Waals surface area contributed by atoms with Gasteiger partial charge in [0.1, 0.15) is 0 Å². The van der Waals surface area contributed by atoms with Crippen molar-refractivity contribution in [1.82, 2.24) is 20.0 Å². The van der Waals surface area contributed by atoms with E-state index in [0.29, 0.717) is 6.04 Å². The normalized spacial score (nSPS) is 20.6. The minimum absolute atomic E-state index is 0.677. The molecule has 1 aromatic heterocycles. The Kier molecular flexibility index (Phi) is 4.78. The Morgan fingerprint density at radius 1 is 1.50 bits per heavy atom. The molecule has 1 atom stereocenters. The fourth-order valence-electron chi connectivity index (χ4n) is 2.64. The first kappa shape index (κ1) is 13.6. The minimum atomic E-state index is 0.677. The number of hydrogen-bond donors (Lipinski definition) is 1. The molecule has 1 saturated heterocycles. The van der Waals surface area contributed by atoms with Crippen molar-refractivity contribution in [2.75, 3.05) is 19.6 Å². The molecule has 1 fully saturated rings. The van der Waals surface area contributed by atoms with Gasteiger partial charge in [0.25, 0.3) is 0 Å². The Labute approximate surface area is 110 Å². The molecule has 18 heavy (non-hydrogen) atoms. The van der Waals surface area contributed by atoms with Crippen LogP contribution in [0, 0.1) is 6.92 Å². The molecule has 0 bridgehead atoms. The molecule has 4 nitrogen and oxygen atoms in total. The lowest BCUT2D eigenvalue weighted by Gasteiger charge is -2.29. The van der Waals surface area contributed by atoms with E-state index in [4.69, 9.17) is 0 Å². The SMILES string of the molecule is CCN(Cc1cnn(C)c1C)CC1CCCCN1. The van der Waals surface area contributed by atoms with Crippen LogP contribution in [0.3, 0.4) is 0 Å². The van der Waals surface area contributed by atoms with Gasteiger partial charge in [-0.3, -0.25) is 9.58 Å². The molecule has 0 saturated carbocycles. The monoisotopic (exact) mass is 250 g/mol. The van der Waals surface area contributed by atoms with E-state index in [9.17, 15) is 0 Å². The standard InChI is InChI=1S/C14H26N4/c1-4-18(11-14-7-5-6-8-15-14)10-13-9-16-17(3)12(13)2/h9,14-15H,4-8,10-11H2,1-3H3. The first-order valence-corrected chi connectivity index (χ1v) is 7.14. The first-order chi connectivity index (χ1) is 8.70. The van der Waals surface area contributed by atoms with Crippen LogP contribution in [0.25, 0.3) is 0 Å². The highest BCUT2D eigenvalue weighted by atomic mass is 15.3. The van der Waals surface area contributed by atoms with Crippen molar-refractivity contribution in [3.8, 4) is 0 Å². The minimum Gasteiger partial charge on any atom is -0.313 e.